The maximum absolute atomic E-state index is 12.0. The molecule has 1 fully saturated rings. The van der Waals surface area contributed by atoms with Crippen LogP contribution in [-0.2, 0) is 4.74 Å². The Kier molecular flexibility index (Phi) is 4.20. The van der Waals surface area contributed by atoms with E-state index in [0.717, 1.165) is 10.6 Å². The molecular weight excluding hydrogens is 314 g/mol. The van der Waals surface area contributed by atoms with E-state index >= 15 is 0 Å². The molecule has 2 heterocycles. The van der Waals surface area contributed by atoms with Crippen molar-refractivity contribution in [2.75, 3.05) is 23.7 Å². The zero-order valence-electron chi connectivity index (χ0n) is 12.6. The Balaban J connectivity index is 1.57. The van der Waals surface area contributed by atoms with Crippen molar-refractivity contribution in [1.82, 2.24) is 5.32 Å². The summed E-state index contributed by atoms with van der Waals surface area (Å²) >= 11 is 1.44. The molecule has 1 unspecified atom stereocenters. The number of cyclic esters (lactones) is 1. The van der Waals surface area contributed by atoms with Gasteiger partial charge in [-0.3, -0.25) is 9.69 Å². The number of aryl methyl sites for hydroxylation is 1. The number of ether oxygens (including phenoxy) is 1. The van der Waals surface area contributed by atoms with Gasteiger partial charge in [0.1, 0.15) is 6.10 Å². The molecule has 3 N–H and O–H groups in total. The first-order valence-electron chi connectivity index (χ1n) is 7.21. The van der Waals surface area contributed by atoms with Crippen LogP contribution >= 0.6 is 11.3 Å². The van der Waals surface area contributed by atoms with E-state index in [-0.39, 0.29) is 18.6 Å². The highest BCUT2D eigenvalue weighted by atomic mass is 32.1. The van der Waals surface area contributed by atoms with Gasteiger partial charge >= 0.3 is 6.09 Å². The number of nitrogen functional groups attached to an aromatic ring is 1. The van der Waals surface area contributed by atoms with E-state index < -0.39 is 6.09 Å². The number of rotatable bonds is 4. The number of hydrogen-bond acceptors (Lipinski definition) is 5. The van der Waals surface area contributed by atoms with Crippen LogP contribution in [0, 0.1) is 6.92 Å². The van der Waals surface area contributed by atoms with Gasteiger partial charge in [-0.1, -0.05) is 0 Å². The molecule has 0 radical (unpaired) electrons. The van der Waals surface area contributed by atoms with Gasteiger partial charge in [-0.2, -0.15) is 0 Å². The van der Waals surface area contributed by atoms with Gasteiger partial charge in [0.15, 0.2) is 0 Å². The zero-order chi connectivity index (χ0) is 16.4. The van der Waals surface area contributed by atoms with E-state index in [4.69, 9.17) is 10.5 Å². The van der Waals surface area contributed by atoms with Crippen LogP contribution in [0.15, 0.2) is 36.4 Å². The largest absolute Gasteiger partial charge is 0.442 e. The number of amides is 2. The quantitative estimate of drug-likeness (QED) is 0.843. The summed E-state index contributed by atoms with van der Waals surface area (Å²) in [5, 5.41) is 2.80. The van der Waals surface area contributed by atoms with E-state index in [1.807, 2.05) is 13.0 Å². The Labute approximate surface area is 137 Å². The van der Waals surface area contributed by atoms with Gasteiger partial charge < -0.3 is 15.8 Å². The summed E-state index contributed by atoms with van der Waals surface area (Å²) in [5.74, 6) is -0.148. The molecule has 0 spiro atoms. The molecule has 1 atom stereocenters. The molecule has 3 rings (SSSR count). The monoisotopic (exact) mass is 331 g/mol. The molecule has 0 bridgehead atoms. The summed E-state index contributed by atoms with van der Waals surface area (Å²) in [6.45, 7) is 2.63. The summed E-state index contributed by atoms with van der Waals surface area (Å²) in [6, 6.07) is 10.7. The molecule has 1 aliphatic heterocycles. The minimum absolute atomic E-state index is 0.148. The van der Waals surface area contributed by atoms with Gasteiger partial charge in [-0.15, -0.1) is 11.3 Å². The van der Waals surface area contributed by atoms with E-state index in [0.29, 0.717) is 17.1 Å². The van der Waals surface area contributed by atoms with Crippen molar-refractivity contribution in [2.45, 2.75) is 13.0 Å². The summed E-state index contributed by atoms with van der Waals surface area (Å²) < 4.78 is 5.29. The number of thiophene rings is 1. The molecule has 120 valence electrons. The van der Waals surface area contributed by atoms with Gasteiger partial charge in [0.25, 0.3) is 5.91 Å². The molecule has 2 amide bonds. The van der Waals surface area contributed by atoms with Crippen molar-refractivity contribution in [3.8, 4) is 0 Å². The van der Waals surface area contributed by atoms with Crippen molar-refractivity contribution in [3.63, 3.8) is 0 Å². The van der Waals surface area contributed by atoms with Gasteiger partial charge in [-0.05, 0) is 43.3 Å². The second kappa shape index (κ2) is 6.29. The third kappa shape index (κ3) is 3.45. The van der Waals surface area contributed by atoms with Gasteiger partial charge in [0.2, 0.25) is 0 Å². The van der Waals surface area contributed by atoms with Gasteiger partial charge in [0.05, 0.1) is 18.0 Å². The van der Waals surface area contributed by atoms with Crippen LogP contribution < -0.4 is 16.0 Å². The van der Waals surface area contributed by atoms with E-state index in [2.05, 4.69) is 5.32 Å². The minimum Gasteiger partial charge on any atom is -0.442 e. The average molecular weight is 331 g/mol. The highest BCUT2D eigenvalue weighted by Crippen LogP contribution is 2.22. The Morgan fingerprint density at radius 1 is 1.35 bits per heavy atom. The number of nitrogens with two attached hydrogens (primary N) is 1. The van der Waals surface area contributed by atoms with Crippen molar-refractivity contribution >= 4 is 34.7 Å². The molecule has 6 nitrogen and oxygen atoms in total. The van der Waals surface area contributed by atoms with Crippen LogP contribution in [0.25, 0.3) is 0 Å². The molecule has 1 aliphatic rings. The zero-order valence-corrected chi connectivity index (χ0v) is 13.4. The molecule has 1 saturated heterocycles. The van der Waals surface area contributed by atoms with Crippen LogP contribution in [-0.4, -0.2) is 31.2 Å². The first-order chi connectivity index (χ1) is 11.0. The number of hydrogen-bond donors (Lipinski definition) is 2. The number of nitrogens with one attached hydrogen (secondary N) is 1. The van der Waals surface area contributed by atoms with E-state index in [9.17, 15) is 9.59 Å². The molecule has 23 heavy (non-hydrogen) atoms. The fourth-order valence-corrected chi connectivity index (χ4v) is 3.13. The Morgan fingerprint density at radius 2 is 2.09 bits per heavy atom. The standard InChI is InChI=1S/C16H17N3O3S/c1-10-2-7-14(23-10)15(20)18-8-13-9-19(16(21)22-13)12-5-3-11(17)4-6-12/h2-7,13H,8-9,17H2,1H3,(H,18,20). The maximum Gasteiger partial charge on any atom is 0.414 e. The lowest BCUT2D eigenvalue weighted by atomic mass is 10.2. The molecule has 1 aromatic heterocycles. The third-order valence-electron chi connectivity index (χ3n) is 3.53. The number of anilines is 2. The van der Waals surface area contributed by atoms with Crippen LogP contribution in [0.5, 0.6) is 0 Å². The van der Waals surface area contributed by atoms with E-state index in [1.165, 1.54) is 16.2 Å². The third-order valence-corrected chi connectivity index (χ3v) is 4.53. The molecule has 7 heteroatoms. The Bertz CT molecular complexity index is 726. The fraction of sp³-hybridized carbons (Fsp3) is 0.250. The lowest BCUT2D eigenvalue weighted by molar-refractivity contribution is 0.0920. The second-order valence-electron chi connectivity index (χ2n) is 5.33. The van der Waals surface area contributed by atoms with Crippen LogP contribution in [0.4, 0.5) is 16.2 Å². The number of benzene rings is 1. The van der Waals surface area contributed by atoms with Gasteiger partial charge in [0, 0.05) is 16.3 Å². The predicted octanol–water partition coefficient (Wildman–Crippen LogP) is 2.39. The Morgan fingerprint density at radius 3 is 2.74 bits per heavy atom. The van der Waals surface area contributed by atoms with Crippen molar-refractivity contribution in [2.24, 2.45) is 0 Å². The topological polar surface area (TPSA) is 84.7 Å². The smallest absolute Gasteiger partial charge is 0.414 e. The predicted molar refractivity (Wildman–Crippen MR) is 89.9 cm³/mol. The summed E-state index contributed by atoms with van der Waals surface area (Å²) in [6.07, 6.45) is -0.786. The second-order valence-corrected chi connectivity index (χ2v) is 6.62. The lowest BCUT2D eigenvalue weighted by Gasteiger charge is -2.13. The van der Waals surface area contributed by atoms with Crippen LogP contribution in [0.2, 0.25) is 0 Å². The highest BCUT2D eigenvalue weighted by molar-refractivity contribution is 7.13. The Hall–Kier alpha value is -2.54. The minimum atomic E-state index is -0.416. The first kappa shape index (κ1) is 15.4. The number of carbonyl (C=O) groups excluding carboxylic acids is 2. The van der Waals surface area contributed by atoms with Crippen molar-refractivity contribution in [3.05, 3.63) is 46.2 Å². The molecule has 2 aromatic rings. The highest BCUT2D eigenvalue weighted by Gasteiger charge is 2.32. The normalized spacial score (nSPS) is 17.2. The van der Waals surface area contributed by atoms with E-state index in [1.54, 1.807) is 30.3 Å². The SMILES string of the molecule is Cc1ccc(C(=O)NCC2CN(c3ccc(N)cc3)C(=O)O2)s1. The lowest BCUT2D eigenvalue weighted by Crippen LogP contribution is -2.34. The van der Waals surface area contributed by atoms with Crippen LogP contribution in [0.3, 0.4) is 0 Å². The summed E-state index contributed by atoms with van der Waals surface area (Å²) in [4.78, 5) is 27.2. The number of carbonyl (C=O) groups is 2. The maximum atomic E-state index is 12.0. The van der Waals surface area contributed by atoms with Crippen LogP contribution in [0.1, 0.15) is 14.5 Å². The van der Waals surface area contributed by atoms with Crippen molar-refractivity contribution < 1.29 is 14.3 Å². The van der Waals surface area contributed by atoms with Crippen molar-refractivity contribution in [1.29, 1.82) is 0 Å². The van der Waals surface area contributed by atoms with Gasteiger partial charge in [-0.25, -0.2) is 4.79 Å². The fourth-order valence-electron chi connectivity index (χ4n) is 2.34. The number of nitrogens with zero attached hydrogens (tertiary/aromatic N) is 1. The molecule has 1 aromatic carbocycles. The molecule has 0 aliphatic carbocycles. The average Bonchev–Trinajstić information content (AvgIpc) is 3.12. The summed E-state index contributed by atoms with van der Waals surface area (Å²) in [7, 11) is 0. The summed E-state index contributed by atoms with van der Waals surface area (Å²) in [5.41, 5.74) is 7.01. The molecule has 0 saturated carbocycles. The molecular formula is C16H17N3O3S. The first-order valence-corrected chi connectivity index (χ1v) is 8.03.